The van der Waals surface area contributed by atoms with Gasteiger partial charge in [-0.1, -0.05) is 5.57 Å². The van der Waals surface area contributed by atoms with E-state index in [2.05, 4.69) is 0 Å². The quantitative estimate of drug-likeness (QED) is 0.420. The molecule has 0 aliphatic heterocycles. The Morgan fingerprint density at radius 3 is 2.00 bits per heavy atom. The van der Waals surface area contributed by atoms with Gasteiger partial charge >= 0.3 is 5.97 Å². The predicted octanol–water partition coefficient (Wildman–Crippen LogP) is 2.21. The fourth-order valence-corrected chi connectivity index (χ4v) is 1.17. The minimum Gasteiger partial charge on any atom is -0.460 e. The molecule has 0 aliphatic rings. The molecule has 0 atom stereocenters. The molecule has 0 saturated carbocycles. The lowest BCUT2D eigenvalue weighted by Gasteiger charge is -2.18. The molecule has 4 nitrogen and oxygen atoms in total. The molecule has 0 aromatic rings. The van der Waals surface area contributed by atoms with Crippen LogP contribution in [-0.2, 0) is 19.1 Å². The molecule has 4 heteroatoms. The number of carbonyl (C=O) groups is 3. The van der Waals surface area contributed by atoms with Crippen LogP contribution >= 0.6 is 0 Å². The molecule has 0 unspecified atom stereocenters. The fourth-order valence-electron chi connectivity index (χ4n) is 1.17. The lowest BCUT2D eigenvalue weighted by molar-refractivity contribution is -0.156. The zero-order valence-electron chi connectivity index (χ0n) is 11.1. The molecular weight excluding hydrogens is 220 g/mol. The third-order valence-electron chi connectivity index (χ3n) is 1.58. The highest BCUT2D eigenvalue weighted by Gasteiger charge is 2.19. The first-order valence-electron chi connectivity index (χ1n) is 5.51. The van der Waals surface area contributed by atoms with Crippen molar-refractivity contribution in [1.82, 2.24) is 0 Å². The van der Waals surface area contributed by atoms with Gasteiger partial charge in [-0.2, -0.15) is 0 Å². The SMILES string of the molecule is CC(C)=CC(=O)CC(=O)CC(=O)OC(C)(C)C. The maximum absolute atomic E-state index is 11.4. The van der Waals surface area contributed by atoms with Crippen LogP contribution < -0.4 is 0 Å². The van der Waals surface area contributed by atoms with E-state index in [-0.39, 0.29) is 18.6 Å². The summed E-state index contributed by atoms with van der Waals surface area (Å²) in [7, 11) is 0. The van der Waals surface area contributed by atoms with E-state index in [0.717, 1.165) is 5.57 Å². The van der Waals surface area contributed by atoms with Gasteiger partial charge in [0.15, 0.2) is 11.6 Å². The van der Waals surface area contributed by atoms with E-state index in [4.69, 9.17) is 4.74 Å². The van der Waals surface area contributed by atoms with Gasteiger partial charge in [0.1, 0.15) is 12.0 Å². The summed E-state index contributed by atoms with van der Waals surface area (Å²) in [5.74, 6) is -1.28. The van der Waals surface area contributed by atoms with Crippen LogP contribution in [0.2, 0.25) is 0 Å². The molecule has 0 aromatic heterocycles. The molecule has 17 heavy (non-hydrogen) atoms. The maximum Gasteiger partial charge on any atom is 0.313 e. The van der Waals surface area contributed by atoms with E-state index < -0.39 is 17.4 Å². The van der Waals surface area contributed by atoms with Crippen LogP contribution in [0.25, 0.3) is 0 Å². The fraction of sp³-hybridized carbons (Fsp3) is 0.615. The van der Waals surface area contributed by atoms with Crippen molar-refractivity contribution < 1.29 is 19.1 Å². The van der Waals surface area contributed by atoms with Gasteiger partial charge in [0.25, 0.3) is 0 Å². The summed E-state index contributed by atoms with van der Waals surface area (Å²) >= 11 is 0. The summed E-state index contributed by atoms with van der Waals surface area (Å²) in [5.41, 5.74) is 0.224. The second-order valence-electron chi connectivity index (χ2n) is 5.17. The Hall–Kier alpha value is -1.45. The van der Waals surface area contributed by atoms with Gasteiger partial charge in [0.2, 0.25) is 0 Å². The van der Waals surface area contributed by atoms with Crippen molar-refractivity contribution >= 4 is 17.5 Å². The Labute approximate surface area is 102 Å². The number of allylic oxidation sites excluding steroid dienone is 2. The van der Waals surface area contributed by atoms with Crippen LogP contribution in [0.3, 0.4) is 0 Å². The van der Waals surface area contributed by atoms with Crippen molar-refractivity contribution in [2.45, 2.75) is 53.1 Å². The normalized spacial score (nSPS) is 10.6. The molecule has 0 spiro atoms. The van der Waals surface area contributed by atoms with Gasteiger partial charge in [-0.25, -0.2) is 0 Å². The third-order valence-corrected chi connectivity index (χ3v) is 1.58. The number of carbonyl (C=O) groups excluding carboxylic acids is 3. The summed E-state index contributed by atoms with van der Waals surface area (Å²) in [6, 6.07) is 0. The second kappa shape index (κ2) is 6.33. The number of ether oxygens (including phenoxy) is 1. The summed E-state index contributed by atoms with van der Waals surface area (Å²) in [4.78, 5) is 34.0. The van der Waals surface area contributed by atoms with Gasteiger partial charge in [0, 0.05) is 0 Å². The first-order valence-corrected chi connectivity index (χ1v) is 5.51. The lowest BCUT2D eigenvalue weighted by atomic mass is 10.1. The molecule has 0 rings (SSSR count). The molecular formula is C13H20O4. The van der Waals surface area contributed by atoms with E-state index in [1.807, 2.05) is 0 Å². The van der Waals surface area contributed by atoms with Crippen LogP contribution in [0, 0.1) is 0 Å². The van der Waals surface area contributed by atoms with E-state index in [1.165, 1.54) is 6.08 Å². The molecule has 0 N–H and O–H groups in total. The average Bonchev–Trinajstić information content (AvgIpc) is 1.95. The van der Waals surface area contributed by atoms with Crippen molar-refractivity contribution in [3.8, 4) is 0 Å². The van der Waals surface area contributed by atoms with E-state index in [9.17, 15) is 14.4 Å². The van der Waals surface area contributed by atoms with E-state index in [1.54, 1.807) is 34.6 Å². The zero-order valence-corrected chi connectivity index (χ0v) is 11.1. The van der Waals surface area contributed by atoms with Gasteiger partial charge < -0.3 is 4.74 Å². The minimum atomic E-state index is -0.610. The van der Waals surface area contributed by atoms with Crippen molar-refractivity contribution in [2.75, 3.05) is 0 Å². The summed E-state index contributed by atoms with van der Waals surface area (Å²) in [6.45, 7) is 8.73. The van der Waals surface area contributed by atoms with Crippen molar-refractivity contribution in [1.29, 1.82) is 0 Å². The monoisotopic (exact) mass is 240 g/mol. The van der Waals surface area contributed by atoms with E-state index >= 15 is 0 Å². The van der Waals surface area contributed by atoms with Crippen LogP contribution in [0.1, 0.15) is 47.5 Å². The molecule has 0 heterocycles. The molecule has 0 aliphatic carbocycles. The Bertz CT molecular complexity index is 341. The molecule has 0 saturated heterocycles. The second-order valence-corrected chi connectivity index (χ2v) is 5.17. The predicted molar refractivity (Wildman–Crippen MR) is 64.5 cm³/mol. The first-order chi connectivity index (χ1) is 7.60. The van der Waals surface area contributed by atoms with Crippen LogP contribution in [0.4, 0.5) is 0 Å². The van der Waals surface area contributed by atoms with Crippen LogP contribution in [0.15, 0.2) is 11.6 Å². The van der Waals surface area contributed by atoms with Gasteiger partial charge in [-0.15, -0.1) is 0 Å². The van der Waals surface area contributed by atoms with Gasteiger partial charge in [0.05, 0.1) is 6.42 Å². The molecule has 96 valence electrons. The third kappa shape index (κ3) is 9.48. The number of hydrogen-bond acceptors (Lipinski definition) is 4. The summed E-state index contributed by atoms with van der Waals surface area (Å²) < 4.78 is 4.98. The molecule has 0 radical (unpaired) electrons. The van der Waals surface area contributed by atoms with Crippen molar-refractivity contribution in [3.63, 3.8) is 0 Å². The Kier molecular flexibility index (Phi) is 5.79. The van der Waals surface area contributed by atoms with Crippen LogP contribution in [0.5, 0.6) is 0 Å². The maximum atomic E-state index is 11.4. The molecule has 0 fully saturated rings. The Morgan fingerprint density at radius 1 is 1.06 bits per heavy atom. The number of esters is 1. The molecule has 0 aromatic carbocycles. The van der Waals surface area contributed by atoms with E-state index in [0.29, 0.717) is 0 Å². The highest BCUT2D eigenvalue weighted by atomic mass is 16.6. The largest absolute Gasteiger partial charge is 0.460 e. The Balaban J connectivity index is 4.16. The summed E-state index contributed by atoms with van der Waals surface area (Å²) in [6.07, 6.45) is 0.803. The van der Waals surface area contributed by atoms with Gasteiger partial charge in [-0.05, 0) is 40.7 Å². The number of hydrogen-bond donors (Lipinski definition) is 0. The van der Waals surface area contributed by atoms with Crippen LogP contribution in [-0.4, -0.2) is 23.1 Å². The molecule has 0 amide bonds. The topological polar surface area (TPSA) is 60.4 Å². The highest BCUT2D eigenvalue weighted by molar-refractivity contribution is 6.09. The standard InChI is InChI=1S/C13H20O4/c1-9(2)6-10(14)7-11(15)8-12(16)17-13(3,4)5/h6H,7-8H2,1-5H3. The number of Topliss-reactive ketones (excluding diaryl/α,β-unsaturated/α-hetero) is 1. The Morgan fingerprint density at radius 2 is 1.59 bits per heavy atom. The lowest BCUT2D eigenvalue weighted by Crippen LogP contribution is -2.25. The van der Waals surface area contributed by atoms with Crippen molar-refractivity contribution in [3.05, 3.63) is 11.6 Å². The zero-order chi connectivity index (χ0) is 13.6. The number of rotatable bonds is 5. The van der Waals surface area contributed by atoms with Gasteiger partial charge in [-0.3, -0.25) is 14.4 Å². The summed E-state index contributed by atoms with van der Waals surface area (Å²) in [5, 5.41) is 0. The van der Waals surface area contributed by atoms with Crippen molar-refractivity contribution in [2.24, 2.45) is 0 Å². The molecule has 0 bridgehead atoms. The number of ketones is 2. The smallest absolute Gasteiger partial charge is 0.313 e. The average molecular weight is 240 g/mol. The first kappa shape index (κ1) is 15.6. The minimum absolute atomic E-state index is 0.246. The highest BCUT2D eigenvalue weighted by Crippen LogP contribution is 2.09.